The zero-order valence-corrected chi connectivity index (χ0v) is 21.8. The average molecular weight is 521 g/mol. The van der Waals surface area contributed by atoms with Crippen molar-refractivity contribution in [2.24, 2.45) is 52.8 Å². The second-order valence-electron chi connectivity index (χ2n) is 13.4. The van der Waals surface area contributed by atoms with E-state index >= 15 is 0 Å². The Morgan fingerprint density at radius 2 is 1.65 bits per heavy atom. The van der Waals surface area contributed by atoms with E-state index in [1.165, 1.54) is 25.7 Å². The highest BCUT2D eigenvalue weighted by molar-refractivity contribution is 5.83. The summed E-state index contributed by atoms with van der Waals surface area (Å²) in [6.45, 7) is 4.20. The van der Waals surface area contributed by atoms with Crippen LogP contribution in [0.25, 0.3) is 0 Å². The van der Waals surface area contributed by atoms with Gasteiger partial charge in [-0.3, -0.25) is 4.79 Å². The van der Waals surface area contributed by atoms with E-state index in [-0.39, 0.29) is 29.5 Å². The van der Waals surface area contributed by atoms with E-state index in [0.717, 1.165) is 56.8 Å². The standard InChI is InChI=1S/C29H39F3N2O3/c1-27(36)9-7-19-17(12-27)5-6-21-20(19)8-10-28(2)23(11-22(25(21)28)16-3-4-16)24(35)15-37-18-13-33-26(34-14-18)29(30,31)32/h13-14,16-17,19-23,25,36H,3-12,15H2,1-2H3/t17-,19+,20-,21-,22?,23-,25-,27-,28-/m1/s1. The Hall–Kier alpha value is -1.70. The van der Waals surface area contributed by atoms with E-state index in [1.807, 2.05) is 6.92 Å². The Morgan fingerprint density at radius 3 is 2.32 bits per heavy atom. The van der Waals surface area contributed by atoms with Gasteiger partial charge in [0.2, 0.25) is 5.82 Å². The van der Waals surface area contributed by atoms with E-state index in [2.05, 4.69) is 16.9 Å². The predicted molar refractivity (Wildman–Crippen MR) is 130 cm³/mol. The van der Waals surface area contributed by atoms with Gasteiger partial charge in [-0.2, -0.15) is 13.2 Å². The number of carbonyl (C=O) groups is 1. The summed E-state index contributed by atoms with van der Waals surface area (Å²) >= 11 is 0. The molecule has 8 heteroatoms. The molecule has 5 aliphatic carbocycles. The molecule has 5 saturated carbocycles. The Kier molecular flexibility index (Phi) is 6.16. The first kappa shape index (κ1) is 25.6. The quantitative estimate of drug-likeness (QED) is 0.508. The summed E-state index contributed by atoms with van der Waals surface area (Å²) in [7, 11) is 0. The Morgan fingerprint density at radius 1 is 0.973 bits per heavy atom. The van der Waals surface area contributed by atoms with Crippen LogP contribution in [0, 0.1) is 52.8 Å². The monoisotopic (exact) mass is 520 g/mol. The number of halogens is 3. The number of ketones is 1. The number of ether oxygens (including phenoxy) is 1. The van der Waals surface area contributed by atoms with E-state index in [4.69, 9.17) is 4.74 Å². The second-order valence-corrected chi connectivity index (χ2v) is 13.4. The summed E-state index contributed by atoms with van der Waals surface area (Å²) in [6.07, 6.45) is 8.44. The van der Waals surface area contributed by atoms with Gasteiger partial charge in [0.25, 0.3) is 0 Å². The largest absolute Gasteiger partial charge is 0.483 e. The molecule has 0 bridgehead atoms. The lowest BCUT2D eigenvalue weighted by Crippen LogP contribution is -2.52. The highest BCUT2D eigenvalue weighted by Gasteiger charge is 2.63. The van der Waals surface area contributed by atoms with Gasteiger partial charge in [-0.25, -0.2) is 9.97 Å². The van der Waals surface area contributed by atoms with Gasteiger partial charge in [-0.05, 0) is 118 Å². The second kappa shape index (κ2) is 8.92. The predicted octanol–water partition coefficient (Wildman–Crippen LogP) is 6.10. The number of aromatic nitrogens is 2. The van der Waals surface area contributed by atoms with Crippen molar-refractivity contribution in [3.05, 3.63) is 18.2 Å². The highest BCUT2D eigenvalue weighted by atomic mass is 19.4. The Labute approximate surface area is 217 Å². The number of nitrogens with zero attached hydrogens (tertiary/aromatic N) is 2. The number of hydrogen-bond donors (Lipinski definition) is 1. The van der Waals surface area contributed by atoms with Gasteiger partial charge >= 0.3 is 6.18 Å². The third kappa shape index (κ3) is 4.59. The van der Waals surface area contributed by atoms with E-state index in [1.54, 1.807) is 0 Å². The first-order chi connectivity index (χ1) is 17.5. The summed E-state index contributed by atoms with van der Waals surface area (Å²) in [5.74, 6) is 3.48. The van der Waals surface area contributed by atoms with Gasteiger partial charge < -0.3 is 9.84 Å². The number of rotatable bonds is 5. The van der Waals surface area contributed by atoms with Crippen LogP contribution in [-0.4, -0.2) is 33.1 Å². The molecule has 0 aromatic carbocycles. The molecule has 6 rings (SSSR count). The molecular weight excluding hydrogens is 481 g/mol. The van der Waals surface area contributed by atoms with Crippen molar-refractivity contribution in [3.63, 3.8) is 0 Å². The topological polar surface area (TPSA) is 72.3 Å². The molecule has 0 amide bonds. The van der Waals surface area contributed by atoms with Crippen LogP contribution in [0.5, 0.6) is 5.75 Å². The highest BCUT2D eigenvalue weighted by Crippen LogP contribution is 2.69. The van der Waals surface area contributed by atoms with Gasteiger partial charge in [0, 0.05) is 5.92 Å². The molecule has 1 unspecified atom stereocenters. The minimum Gasteiger partial charge on any atom is -0.483 e. The molecule has 1 N–H and O–H groups in total. The normalized spacial score (nSPS) is 43.5. The molecule has 0 saturated heterocycles. The minimum atomic E-state index is -4.60. The third-order valence-corrected chi connectivity index (χ3v) is 11.2. The summed E-state index contributed by atoms with van der Waals surface area (Å²) in [4.78, 5) is 20.3. The summed E-state index contributed by atoms with van der Waals surface area (Å²) in [5.41, 5.74) is -0.560. The smallest absolute Gasteiger partial charge is 0.451 e. The molecule has 5 aliphatic rings. The zero-order valence-electron chi connectivity index (χ0n) is 21.8. The van der Waals surface area contributed by atoms with Gasteiger partial charge in [0.05, 0.1) is 18.0 Å². The summed E-state index contributed by atoms with van der Waals surface area (Å²) in [6, 6.07) is 0. The summed E-state index contributed by atoms with van der Waals surface area (Å²) < 4.78 is 43.9. The zero-order chi connectivity index (χ0) is 26.2. The van der Waals surface area contributed by atoms with E-state index in [0.29, 0.717) is 35.5 Å². The molecule has 0 spiro atoms. The van der Waals surface area contributed by atoms with Gasteiger partial charge in [-0.1, -0.05) is 6.92 Å². The first-order valence-electron chi connectivity index (χ1n) is 14.2. The maximum atomic E-state index is 13.6. The molecule has 37 heavy (non-hydrogen) atoms. The fourth-order valence-electron chi connectivity index (χ4n) is 9.56. The fraction of sp³-hybridized carbons (Fsp3) is 0.828. The number of Topliss-reactive ketones (excluding diaryl/α,β-unsaturated/α-hetero) is 1. The fourth-order valence-corrected chi connectivity index (χ4v) is 9.56. The van der Waals surface area contributed by atoms with Crippen molar-refractivity contribution in [1.82, 2.24) is 9.97 Å². The maximum Gasteiger partial charge on any atom is 0.451 e. The van der Waals surface area contributed by atoms with Crippen molar-refractivity contribution in [2.45, 2.75) is 89.8 Å². The SMILES string of the molecule is C[C@@]1(O)CC[C@H]2[C@H](CC[C@@H]3[C@@H]2CC[C@]2(C)[C@@H](C(=O)COc4cnc(C(F)(F)F)nc4)CC(C4CC4)[C@@H]32)C1. The summed E-state index contributed by atoms with van der Waals surface area (Å²) in [5, 5.41) is 10.7. The van der Waals surface area contributed by atoms with Crippen molar-refractivity contribution < 1.29 is 27.8 Å². The minimum absolute atomic E-state index is 0.0431. The van der Waals surface area contributed by atoms with Gasteiger partial charge in [-0.15, -0.1) is 0 Å². The molecule has 1 aromatic rings. The first-order valence-corrected chi connectivity index (χ1v) is 14.2. The van der Waals surface area contributed by atoms with Crippen LogP contribution in [-0.2, 0) is 11.0 Å². The van der Waals surface area contributed by atoms with Gasteiger partial charge in [0.15, 0.2) is 11.5 Å². The number of alkyl halides is 3. The van der Waals surface area contributed by atoms with Crippen molar-refractivity contribution in [1.29, 1.82) is 0 Å². The molecule has 204 valence electrons. The number of aliphatic hydroxyl groups is 1. The number of fused-ring (bicyclic) bond motifs is 5. The molecule has 1 heterocycles. The molecule has 0 aliphatic heterocycles. The maximum absolute atomic E-state index is 13.6. The van der Waals surface area contributed by atoms with Crippen LogP contribution in [0.15, 0.2) is 12.4 Å². The molecule has 1 aromatic heterocycles. The third-order valence-electron chi connectivity index (χ3n) is 11.2. The van der Waals surface area contributed by atoms with Crippen molar-refractivity contribution in [3.8, 4) is 5.75 Å². The Bertz CT molecular complexity index is 1020. The van der Waals surface area contributed by atoms with Crippen LogP contribution in [0.4, 0.5) is 13.2 Å². The van der Waals surface area contributed by atoms with E-state index < -0.39 is 17.6 Å². The lowest BCUT2D eigenvalue weighted by atomic mass is 9.48. The number of hydrogen-bond acceptors (Lipinski definition) is 5. The van der Waals surface area contributed by atoms with Crippen molar-refractivity contribution in [2.75, 3.05) is 6.61 Å². The van der Waals surface area contributed by atoms with Gasteiger partial charge in [0.1, 0.15) is 6.61 Å². The molecule has 9 atom stereocenters. The van der Waals surface area contributed by atoms with Crippen LogP contribution in [0.2, 0.25) is 0 Å². The molecular formula is C29H39F3N2O3. The van der Waals surface area contributed by atoms with Crippen LogP contribution in [0.1, 0.15) is 83.9 Å². The van der Waals surface area contributed by atoms with E-state index in [9.17, 15) is 23.1 Å². The Balaban J connectivity index is 1.17. The van der Waals surface area contributed by atoms with Crippen LogP contribution in [0.3, 0.4) is 0 Å². The lowest BCUT2D eigenvalue weighted by Gasteiger charge is -2.57. The molecule has 0 radical (unpaired) electrons. The average Bonchev–Trinajstić information content (AvgIpc) is 3.63. The van der Waals surface area contributed by atoms with Crippen LogP contribution >= 0.6 is 0 Å². The van der Waals surface area contributed by atoms with Crippen LogP contribution < -0.4 is 4.74 Å². The molecule has 5 fully saturated rings. The lowest BCUT2D eigenvalue weighted by molar-refractivity contribution is -0.145. The number of carbonyl (C=O) groups excluding carboxylic acids is 1. The molecule has 5 nitrogen and oxygen atoms in total. The van der Waals surface area contributed by atoms with Crippen molar-refractivity contribution >= 4 is 5.78 Å².